The normalized spacial score (nSPS) is 11.6. The van der Waals surface area contributed by atoms with Crippen molar-refractivity contribution in [2.45, 2.75) is 18.7 Å². The first-order chi connectivity index (χ1) is 8.21. The molecule has 0 spiro atoms. The fourth-order valence-electron chi connectivity index (χ4n) is 1.23. The van der Waals surface area contributed by atoms with Crippen LogP contribution < -0.4 is 5.32 Å². The van der Waals surface area contributed by atoms with Crippen molar-refractivity contribution < 1.29 is 13.2 Å². The van der Waals surface area contributed by atoms with Crippen molar-refractivity contribution >= 4 is 37.2 Å². The Morgan fingerprint density at radius 3 is 2.50 bits per heavy atom. The van der Waals surface area contributed by atoms with Crippen molar-refractivity contribution in [1.29, 1.82) is 0 Å². The monoisotopic (exact) mass is 309 g/mol. The summed E-state index contributed by atoms with van der Waals surface area (Å²) >= 11 is 5.72. The van der Waals surface area contributed by atoms with Gasteiger partial charge in [-0.3, -0.25) is 4.79 Å². The summed E-state index contributed by atoms with van der Waals surface area (Å²) in [6, 6.07) is 3.95. The molecule has 0 radical (unpaired) electrons. The lowest BCUT2D eigenvalue weighted by Gasteiger charge is -2.08. The molecule has 100 valence electrons. The van der Waals surface area contributed by atoms with Gasteiger partial charge in [-0.15, -0.1) is 0 Å². The summed E-state index contributed by atoms with van der Waals surface area (Å²) in [4.78, 5) is 11.5. The Hall–Kier alpha value is -0.780. The summed E-state index contributed by atoms with van der Waals surface area (Å²) in [7, 11) is 1.26. The van der Waals surface area contributed by atoms with E-state index in [2.05, 4.69) is 5.32 Å². The lowest BCUT2D eigenvalue weighted by atomic mass is 10.2. The van der Waals surface area contributed by atoms with E-state index in [9.17, 15) is 13.2 Å². The number of amides is 1. The topological polar surface area (TPSA) is 63.2 Å². The zero-order chi connectivity index (χ0) is 13.9. The minimum atomic E-state index is -3.96. The molecular formula is C11H13Cl2NO3S. The first kappa shape index (κ1) is 15.3. The van der Waals surface area contributed by atoms with E-state index >= 15 is 0 Å². The molecule has 1 amide bonds. The summed E-state index contributed by atoms with van der Waals surface area (Å²) in [6.45, 7) is 4.41. The van der Waals surface area contributed by atoms with Crippen molar-refractivity contribution in [1.82, 2.24) is 5.32 Å². The number of halogens is 2. The van der Waals surface area contributed by atoms with E-state index in [4.69, 9.17) is 22.3 Å². The van der Waals surface area contributed by atoms with Crippen molar-refractivity contribution in [3.8, 4) is 0 Å². The summed E-state index contributed by atoms with van der Waals surface area (Å²) in [5.74, 6) is -0.0561. The Morgan fingerprint density at radius 2 is 2.00 bits per heavy atom. The average molecular weight is 310 g/mol. The molecule has 0 saturated heterocycles. The van der Waals surface area contributed by atoms with Gasteiger partial charge in [0, 0.05) is 22.8 Å². The van der Waals surface area contributed by atoms with E-state index in [1.54, 1.807) is 0 Å². The van der Waals surface area contributed by atoms with E-state index in [1.807, 2.05) is 13.8 Å². The van der Waals surface area contributed by atoms with Crippen LogP contribution in [0, 0.1) is 5.92 Å². The molecule has 1 aromatic rings. The average Bonchev–Trinajstić information content (AvgIpc) is 2.24. The highest BCUT2D eigenvalue weighted by molar-refractivity contribution is 8.13. The van der Waals surface area contributed by atoms with Gasteiger partial charge in [0.05, 0.1) is 5.02 Å². The number of hydrogen-bond acceptors (Lipinski definition) is 3. The van der Waals surface area contributed by atoms with Gasteiger partial charge in [0.1, 0.15) is 4.90 Å². The van der Waals surface area contributed by atoms with E-state index in [0.717, 1.165) is 0 Å². The first-order valence-corrected chi connectivity index (χ1v) is 7.93. The molecule has 18 heavy (non-hydrogen) atoms. The maximum atomic E-state index is 11.7. The zero-order valence-corrected chi connectivity index (χ0v) is 12.2. The highest BCUT2D eigenvalue weighted by Crippen LogP contribution is 2.25. The number of carbonyl (C=O) groups is 1. The standard InChI is InChI=1S/C11H13Cl2NO3S/c1-7(2)6-14-11(15)8-3-4-9(12)10(5-8)18(13,16)17/h3-5,7H,6H2,1-2H3,(H,14,15). The highest BCUT2D eigenvalue weighted by Gasteiger charge is 2.17. The van der Waals surface area contributed by atoms with Crippen LogP contribution in [0.3, 0.4) is 0 Å². The summed E-state index contributed by atoms with van der Waals surface area (Å²) in [5.41, 5.74) is 0.208. The molecule has 0 fully saturated rings. The Balaban J connectivity index is 3.02. The fourth-order valence-corrected chi connectivity index (χ4v) is 2.72. The second kappa shape index (κ2) is 5.91. The maximum Gasteiger partial charge on any atom is 0.262 e. The van der Waals surface area contributed by atoms with Crippen LogP contribution in [-0.2, 0) is 9.05 Å². The molecule has 1 rings (SSSR count). The molecule has 0 aromatic heterocycles. The zero-order valence-electron chi connectivity index (χ0n) is 9.91. The van der Waals surface area contributed by atoms with E-state index in [-0.39, 0.29) is 21.4 Å². The van der Waals surface area contributed by atoms with E-state index < -0.39 is 9.05 Å². The van der Waals surface area contributed by atoms with Crippen LogP contribution in [0.2, 0.25) is 5.02 Å². The van der Waals surface area contributed by atoms with Crippen LogP contribution >= 0.6 is 22.3 Å². The van der Waals surface area contributed by atoms with Gasteiger partial charge in [0.25, 0.3) is 15.0 Å². The molecule has 4 nitrogen and oxygen atoms in total. The van der Waals surface area contributed by atoms with Gasteiger partial charge in [-0.05, 0) is 24.1 Å². The van der Waals surface area contributed by atoms with E-state index in [0.29, 0.717) is 12.5 Å². The SMILES string of the molecule is CC(C)CNC(=O)c1ccc(Cl)c(S(=O)(=O)Cl)c1. The molecule has 0 bridgehead atoms. The number of rotatable bonds is 4. The fraction of sp³-hybridized carbons (Fsp3) is 0.364. The van der Waals surface area contributed by atoms with Crippen LogP contribution in [0.15, 0.2) is 23.1 Å². The lowest BCUT2D eigenvalue weighted by molar-refractivity contribution is 0.0949. The molecule has 1 aromatic carbocycles. The van der Waals surface area contributed by atoms with Gasteiger partial charge in [-0.1, -0.05) is 25.4 Å². The smallest absolute Gasteiger partial charge is 0.262 e. The largest absolute Gasteiger partial charge is 0.352 e. The Morgan fingerprint density at radius 1 is 1.39 bits per heavy atom. The van der Waals surface area contributed by atoms with Gasteiger partial charge < -0.3 is 5.32 Å². The minimum Gasteiger partial charge on any atom is -0.352 e. The minimum absolute atomic E-state index is 0.00888. The van der Waals surface area contributed by atoms with E-state index in [1.165, 1.54) is 18.2 Å². The molecule has 0 aliphatic rings. The second-order valence-corrected chi connectivity index (χ2v) is 7.13. The summed E-state index contributed by atoms with van der Waals surface area (Å²) < 4.78 is 22.5. The van der Waals surface area contributed by atoms with Crippen LogP contribution in [0.5, 0.6) is 0 Å². The van der Waals surface area contributed by atoms with Gasteiger partial charge in [0.2, 0.25) is 0 Å². The third-order valence-corrected chi connectivity index (χ3v) is 3.93. The van der Waals surface area contributed by atoms with Crippen molar-refractivity contribution in [2.24, 2.45) is 5.92 Å². The third kappa shape index (κ3) is 4.15. The quantitative estimate of drug-likeness (QED) is 0.870. The van der Waals surface area contributed by atoms with Crippen molar-refractivity contribution in [3.05, 3.63) is 28.8 Å². The Labute approximate surface area is 116 Å². The summed E-state index contributed by atoms with van der Waals surface area (Å²) in [5, 5.41) is 2.67. The molecule has 0 heterocycles. The van der Waals surface area contributed by atoms with Gasteiger partial charge >= 0.3 is 0 Å². The molecule has 0 aliphatic heterocycles. The predicted octanol–water partition coefficient (Wildman–Crippen LogP) is 2.65. The predicted molar refractivity (Wildman–Crippen MR) is 71.7 cm³/mol. The second-order valence-electron chi connectivity index (χ2n) is 4.19. The van der Waals surface area contributed by atoms with Crippen LogP contribution in [0.1, 0.15) is 24.2 Å². The Bertz CT molecular complexity index is 555. The molecular weight excluding hydrogens is 297 g/mol. The highest BCUT2D eigenvalue weighted by atomic mass is 35.7. The van der Waals surface area contributed by atoms with Crippen LogP contribution in [-0.4, -0.2) is 20.9 Å². The van der Waals surface area contributed by atoms with Crippen molar-refractivity contribution in [3.63, 3.8) is 0 Å². The number of benzene rings is 1. The Kier molecular flexibility index (Phi) is 5.01. The molecule has 0 atom stereocenters. The molecule has 0 aliphatic carbocycles. The molecule has 0 unspecified atom stereocenters. The van der Waals surface area contributed by atoms with Gasteiger partial charge in [-0.25, -0.2) is 8.42 Å². The maximum absolute atomic E-state index is 11.7. The first-order valence-electron chi connectivity index (χ1n) is 5.24. The molecule has 7 heteroatoms. The van der Waals surface area contributed by atoms with Crippen LogP contribution in [0.25, 0.3) is 0 Å². The van der Waals surface area contributed by atoms with Crippen molar-refractivity contribution in [2.75, 3.05) is 6.54 Å². The number of hydrogen-bond donors (Lipinski definition) is 1. The van der Waals surface area contributed by atoms with Gasteiger partial charge in [0.15, 0.2) is 0 Å². The lowest BCUT2D eigenvalue weighted by Crippen LogP contribution is -2.27. The molecule has 1 N–H and O–H groups in total. The number of nitrogens with one attached hydrogen (secondary N) is 1. The van der Waals surface area contributed by atoms with Crippen LogP contribution in [0.4, 0.5) is 0 Å². The summed E-state index contributed by atoms with van der Waals surface area (Å²) in [6.07, 6.45) is 0. The number of carbonyl (C=O) groups excluding carboxylic acids is 1. The third-order valence-electron chi connectivity index (χ3n) is 2.13. The molecule has 0 saturated carbocycles. The van der Waals surface area contributed by atoms with Gasteiger partial charge in [-0.2, -0.15) is 0 Å².